The number of carbonyl (C=O) groups is 1. The molecule has 144 valence electrons. The molecule has 0 N–H and O–H groups in total. The maximum absolute atomic E-state index is 13.2. The fourth-order valence-electron chi connectivity index (χ4n) is 2.28. The molecular formula is C16H14Cl2N2O6S. The van der Waals surface area contributed by atoms with Crippen molar-refractivity contribution in [3.8, 4) is 0 Å². The van der Waals surface area contributed by atoms with E-state index in [4.69, 9.17) is 23.2 Å². The van der Waals surface area contributed by atoms with Crippen LogP contribution in [-0.2, 0) is 19.6 Å². The third-order valence-corrected chi connectivity index (χ3v) is 5.94. The highest BCUT2D eigenvalue weighted by Crippen LogP contribution is 2.32. The number of hydrogen-bond donors (Lipinski definition) is 0. The van der Waals surface area contributed by atoms with E-state index in [0.29, 0.717) is 0 Å². The largest absolute Gasteiger partial charge is 0.468 e. The third kappa shape index (κ3) is 4.68. The molecular weight excluding hydrogens is 419 g/mol. The molecule has 0 aromatic heterocycles. The molecule has 2 aromatic carbocycles. The van der Waals surface area contributed by atoms with Gasteiger partial charge in [-0.25, -0.2) is 8.42 Å². The van der Waals surface area contributed by atoms with Crippen LogP contribution in [0.5, 0.6) is 0 Å². The SMILES string of the molecule is COC(=O)CN(c1cc(Cl)cc(Cl)c1)S(=O)(=O)c1cc([N+](=O)[O-])ccc1C. The van der Waals surface area contributed by atoms with E-state index in [-0.39, 0.29) is 26.2 Å². The molecule has 0 saturated carbocycles. The van der Waals surface area contributed by atoms with Crippen molar-refractivity contribution in [3.05, 3.63) is 62.1 Å². The summed E-state index contributed by atoms with van der Waals surface area (Å²) in [5.74, 6) is -0.835. The zero-order valence-corrected chi connectivity index (χ0v) is 16.5. The minimum Gasteiger partial charge on any atom is -0.468 e. The van der Waals surface area contributed by atoms with E-state index in [2.05, 4.69) is 4.74 Å². The van der Waals surface area contributed by atoms with E-state index in [1.54, 1.807) is 0 Å². The number of hydrogen-bond acceptors (Lipinski definition) is 6. The van der Waals surface area contributed by atoms with Crippen LogP contribution in [0.1, 0.15) is 5.56 Å². The van der Waals surface area contributed by atoms with Crippen LogP contribution in [-0.4, -0.2) is 33.0 Å². The second kappa shape index (κ2) is 8.12. The summed E-state index contributed by atoms with van der Waals surface area (Å²) in [6.45, 7) is 0.815. The molecule has 0 fully saturated rings. The molecule has 2 aromatic rings. The Balaban J connectivity index is 2.69. The van der Waals surface area contributed by atoms with E-state index < -0.39 is 33.1 Å². The molecule has 0 saturated heterocycles. The number of methoxy groups -OCH3 is 1. The van der Waals surface area contributed by atoms with Crippen LogP contribution < -0.4 is 4.31 Å². The lowest BCUT2D eigenvalue weighted by Crippen LogP contribution is -2.36. The number of halogens is 2. The van der Waals surface area contributed by atoms with Gasteiger partial charge in [-0.15, -0.1) is 0 Å². The van der Waals surface area contributed by atoms with Crippen LogP contribution in [0.3, 0.4) is 0 Å². The number of nitrogens with zero attached hydrogens (tertiary/aromatic N) is 2. The summed E-state index contributed by atoms with van der Waals surface area (Å²) >= 11 is 11.9. The predicted octanol–water partition coefficient (Wildman–Crippen LogP) is 3.58. The first-order chi connectivity index (χ1) is 12.6. The molecule has 0 atom stereocenters. The molecule has 2 rings (SSSR count). The van der Waals surface area contributed by atoms with Crippen molar-refractivity contribution in [2.75, 3.05) is 18.0 Å². The second-order valence-electron chi connectivity index (χ2n) is 5.42. The predicted molar refractivity (Wildman–Crippen MR) is 101 cm³/mol. The fourth-order valence-corrected chi connectivity index (χ4v) is 4.43. The molecule has 27 heavy (non-hydrogen) atoms. The Morgan fingerprint density at radius 1 is 1.19 bits per heavy atom. The number of non-ortho nitro benzene ring substituents is 1. The normalized spacial score (nSPS) is 11.1. The van der Waals surface area contributed by atoms with Crippen molar-refractivity contribution in [3.63, 3.8) is 0 Å². The second-order valence-corrected chi connectivity index (χ2v) is 8.13. The molecule has 8 nitrogen and oxygen atoms in total. The number of anilines is 1. The number of rotatable bonds is 6. The Labute approximate surface area is 165 Å². The van der Waals surface area contributed by atoms with Crippen LogP contribution in [0.15, 0.2) is 41.3 Å². The maximum atomic E-state index is 13.2. The molecule has 0 aliphatic carbocycles. The van der Waals surface area contributed by atoms with E-state index in [1.165, 1.54) is 37.3 Å². The number of sulfonamides is 1. The van der Waals surface area contributed by atoms with Gasteiger partial charge in [0.25, 0.3) is 15.7 Å². The molecule has 0 heterocycles. The summed E-state index contributed by atoms with van der Waals surface area (Å²) in [6, 6.07) is 7.44. The number of nitro groups is 1. The summed E-state index contributed by atoms with van der Waals surface area (Å²) in [4.78, 5) is 21.8. The van der Waals surface area contributed by atoms with Crippen molar-refractivity contribution < 1.29 is 22.9 Å². The number of aryl methyl sites for hydroxylation is 1. The van der Waals surface area contributed by atoms with Gasteiger partial charge in [0.1, 0.15) is 6.54 Å². The summed E-state index contributed by atoms with van der Waals surface area (Å²) in [5, 5.41) is 11.3. The average molecular weight is 433 g/mol. The third-order valence-electron chi connectivity index (χ3n) is 3.59. The van der Waals surface area contributed by atoms with Crippen molar-refractivity contribution in [2.45, 2.75) is 11.8 Å². The molecule has 0 spiro atoms. The molecule has 11 heteroatoms. The number of benzene rings is 2. The smallest absolute Gasteiger partial charge is 0.326 e. The van der Waals surface area contributed by atoms with Gasteiger partial charge >= 0.3 is 5.97 Å². The Kier molecular flexibility index (Phi) is 6.30. The van der Waals surface area contributed by atoms with Crippen molar-refractivity contribution in [2.24, 2.45) is 0 Å². The average Bonchev–Trinajstić information content (AvgIpc) is 2.58. The van der Waals surface area contributed by atoms with Crippen LogP contribution in [0.4, 0.5) is 11.4 Å². The van der Waals surface area contributed by atoms with Gasteiger partial charge in [0.2, 0.25) is 0 Å². The van der Waals surface area contributed by atoms with E-state index >= 15 is 0 Å². The highest BCUT2D eigenvalue weighted by molar-refractivity contribution is 7.93. The number of nitro benzene ring substituents is 1. The van der Waals surface area contributed by atoms with Gasteiger partial charge in [-0.2, -0.15) is 0 Å². The van der Waals surface area contributed by atoms with E-state index in [0.717, 1.165) is 17.5 Å². The quantitative estimate of drug-likeness (QED) is 0.392. The fraction of sp³-hybridized carbons (Fsp3) is 0.188. The van der Waals surface area contributed by atoms with Gasteiger partial charge in [-0.1, -0.05) is 29.3 Å². The zero-order valence-electron chi connectivity index (χ0n) is 14.2. The molecule has 0 unspecified atom stereocenters. The Morgan fingerprint density at radius 2 is 1.78 bits per heavy atom. The standard InChI is InChI=1S/C16H14Cl2N2O6S/c1-10-3-4-13(20(22)23)8-15(10)27(24,25)19(9-16(21)26-2)14-6-11(17)5-12(18)7-14/h3-8H,9H2,1-2H3. The van der Waals surface area contributed by atoms with Gasteiger partial charge in [0, 0.05) is 22.2 Å². The monoisotopic (exact) mass is 432 g/mol. The molecule has 0 amide bonds. The van der Waals surface area contributed by atoms with Gasteiger partial charge in [0.15, 0.2) is 0 Å². The summed E-state index contributed by atoms with van der Waals surface area (Å²) < 4.78 is 31.7. The molecule has 0 radical (unpaired) electrons. The summed E-state index contributed by atoms with van der Waals surface area (Å²) in [7, 11) is -3.26. The lowest BCUT2D eigenvalue weighted by atomic mass is 10.2. The highest BCUT2D eigenvalue weighted by Gasteiger charge is 2.30. The molecule has 0 aliphatic rings. The van der Waals surface area contributed by atoms with Crippen LogP contribution in [0, 0.1) is 17.0 Å². The lowest BCUT2D eigenvalue weighted by molar-refractivity contribution is -0.385. The number of ether oxygens (including phenoxy) is 1. The Morgan fingerprint density at radius 3 is 2.30 bits per heavy atom. The summed E-state index contributed by atoms with van der Waals surface area (Å²) in [5.41, 5.74) is -0.117. The van der Waals surface area contributed by atoms with Crippen LogP contribution >= 0.6 is 23.2 Å². The first-order valence-electron chi connectivity index (χ1n) is 7.37. The van der Waals surface area contributed by atoms with E-state index in [9.17, 15) is 23.3 Å². The van der Waals surface area contributed by atoms with Gasteiger partial charge < -0.3 is 4.74 Å². The van der Waals surface area contributed by atoms with Crippen molar-refractivity contribution in [1.82, 2.24) is 0 Å². The lowest BCUT2D eigenvalue weighted by Gasteiger charge is -2.24. The molecule has 0 bridgehead atoms. The van der Waals surface area contributed by atoms with Crippen molar-refractivity contribution >= 4 is 50.6 Å². The minimum atomic E-state index is -4.37. The minimum absolute atomic E-state index is 0.0174. The van der Waals surface area contributed by atoms with Gasteiger partial charge in [-0.05, 0) is 30.7 Å². The van der Waals surface area contributed by atoms with Crippen LogP contribution in [0.25, 0.3) is 0 Å². The van der Waals surface area contributed by atoms with E-state index in [1.807, 2.05) is 0 Å². The van der Waals surface area contributed by atoms with Gasteiger partial charge in [-0.3, -0.25) is 19.2 Å². The number of esters is 1. The number of carbonyl (C=O) groups excluding carboxylic acids is 1. The maximum Gasteiger partial charge on any atom is 0.326 e. The summed E-state index contributed by atoms with van der Waals surface area (Å²) in [6.07, 6.45) is 0. The Bertz CT molecular complexity index is 990. The highest BCUT2D eigenvalue weighted by atomic mass is 35.5. The Hall–Kier alpha value is -2.36. The molecule has 0 aliphatic heterocycles. The van der Waals surface area contributed by atoms with Crippen LogP contribution in [0.2, 0.25) is 10.0 Å². The first kappa shape index (κ1) is 20.9. The van der Waals surface area contributed by atoms with Crippen molar-refractivity contribution in [1.29, 1.82) is 0 Å². The first-order valence-corrected chi connectivity index (χ1v) is 9.56. The topological polar surface area (TPSA) is 107 Å². The zero-order chi connectivity index (χ0) is 20.4. The van der Waals surface area contributed by atoms with Gasteiger partial charge in [0.05, 0.1) is 22.6 Å².